The van der Waals surface area contributed by atoms with Gasteiger partial charge in [0.2, 0.25) is 10.0 Å². The Bertz CT molecular complexity index is 584. The summed E-state index contributed by atoms with van der Waals surface area (Å²) >= 11 is 0. The van der Waals surface area contributed by atoms with Crippen LogP contribution in [0.3, 0.4) is 0 Å². The van der Waals surface area contributed by atoms with Gasteiger partial charge in [-0.1, -0.05) is 5.92 Å². The van der Waals surface area contributed by atoms with E-state index in [2.05, 4.69) is 11.0 Å². The molecule has 6 nitrogen and oxygen atoms in total. The van der Waals surface area contributed by atoms with E-state index in [1.165, 1.54) is 7.05 Å². The van der Waals surface area contributed by atoms with Crippen LogP contribution in [0.1, 0.15) is 17.8 Å². The average molecular weight is 284 g/mol. The van der Waals surface area contributed by atoms with Gasteiger partial charge in [0.25, 0.3) is 0 Å². The van der Waals surface area contributed by atoms with Crippen molar-refractivity contribution in [2.24, 2.45) is 5.73 Å². The number of nitrogens with two attached hydrogens (primary N) is 1. The normalized spacial score (nSPS) is 11.8. The summed E-state index contributed by atoms with van der Waals surface area (Å²) in [5.74, 6) is 2.33. The molecule has 0 aliphatic heterocycles. The Hall–Kier alpha value is -1.36. The molecule has 0 radical (unpaired) electrons. The molecule has 0 atom stereocenters. The van der Waals surface area contributed by atoms with Gasteiger partial charge in [-0.3, -0.25) is 4.68 Å². The first-order valence-electron chi connectivity index (χ1n) is 6.00. The highest BCUT2D eigenvalue weighted by Crippen LogP contribution is 2.22. The maximum Gasteiger partial charge on any atom is 0.247 e. The number of rotatable bonds is 6. The average Bonchev–Trinajstić information content (AvgIpc) is 2.62. The third-order valence-electron chi connectivity index (χ3n) is 2.87. The molecule has 0 aromatic carbocycles. The van der Waals surface area contributed by atoms with Crippen LogP contribution < -0.4 is 5.73 Å². The second-order valence-electron chi connectivity index (χ2n) is 4.33. The number of aryl methyl sites for hydroxylation is 2. The van der Waals surface area contributed by atoms with Crippen molar-refractivity contribution in [2.45, 2.75) is 31.7 Å². The molecule has 7 heteroatoms. The summed E-state index contributed by atoms with van der Waals surface area (Å²) in [7, 11) is -2.13. The van der Waals surface area contributed by atoms with Crippen molar-refractivity contribution in [3.05, 3.63) is 11.4 Å². The van der Waals surface area contributed by atoms with E-state index in [0.717, 1.165) is 10.7 Å². The second-order valence-corrected chi connectivity index (χ2v) is 6.31. The SMILES string of the molecule is C#CCN(C)S(=O)(=O)c1c(C)nn(CCCN)c1C. The Morgan fingerprint density at radius 2 is 2.11 bits per heavy atom. The highest BCUT2D eigenvalue weighted by Gasteiger charge is 2.28. The lowest BCUT2D eigenvalue weighted by molar-refractivity contribution is 0.501. The molecule has 0 aliphatic carbocycles. The minimum Gasteiger partial charge on any atom is -0.330 e. The number of terminal acetylenes is 1. The van der Waals surface area contributed by atoms with E-state index in [1.54, 1.807) is 18.5 Å². The third kappa shape index (κ3) is 3.15. The van der Waals surface area contributed by atoms with E-state index >= 15 is 0 Å². The maximum atomic E-state index is 12.4. The first-order valence-corrected chi connectivity index (χ1v) is 7.44. The standard InChI is InChI=1S/C12H20N4O2S/c1-5-8-15(4)19(17,18)12-10(2)14-16(11(12)3)9-6-7-13/h1H,6-9,13H2,2-4H3. The highest BCUT2D eigenvalue weighted by atomic mass is 32.2. The van der Waals surface area contributed by atoms with Crippen LogP contribution in [0.25, 0.3) is 0 Å². The van der Waals surface area contributed by atoms with Gasteiger partial charge in [0.05, 0.1) is 17.9 Å². The van der Waals surface area contributed by atoms with Gasteiger partial charge in [-0.15, -0.1) is 6.42 Å². The van der Waals surface area contributed by atoms with Crippen molar-refractivity contribution in [1.82, 2.24) is 14.1 Å². The molecule has 0 saturated heterocycles. The molecule has 1 aromatic heterocycles. The van der Waals surface area contributed by atoms with Crippen molar-refractivity contribution in [1.29, 1.82) is 0 Å². The predicted molar refractivity (Wildman–Crippen MR) is 74.0 cm³/mol. The van der Waals surface area contributed by atoms with Crippen LogP contribution in [0, 0.1) is 26.2 Å². The molecule has 0 fully saturated rings. The number of hydrogen-bond donors (Lipinski definition) is 1. The van der Waals surface area contributed by atoms with Gasteiger partial charge in [-0.05, 0) is 26.8 Å². The minimum absolute atomic E-state index is 0.0369. The zero-order chi connectivity index (χ0) is 14.6. The van der Waals surface area contributed by atoms with E-state index in [9.17, 15) is 8.42 Å². The van der Waals surface area contributed by atoms with E-state index in [1.807, 2.05) is 0 Å². The summed E-state index contributed by atoms with van der Waals surface area (Å²) in [6.07, 6.45) is 5.91. The first kappa shape index (κ1) is 15.7. The molecule has 0 unspecified atom stereocenters. The van der Waals surface area contributed by atoms with Crippen molar-refractivity contribution in [3.8, 4) is 12.3 Å². The molecule has 1 heterocycles. The molecule has 0 saturated carbocycles. The third-order valence-corrected chi connectivity index (χ3v) is 4.93. The first-order chi connectivity index (χ1) is 8.86. The van der Waals surface area contributed by atoms with E-state index < -0.39 is 10.0 Å². The lowest BCUT2D eigenvalue weighted by Crippen LogP contribution is -2.28. The van der Waals surface area contributed by atoms with Crippen LogP contribution in [0.15, 0.2) is 4.90 Å². The summed E-state index contributed by atoms with van der Waals surface area (Å²) in [6.45, 7) is 4.61. The van der Waals surface area contributed by atoms with Gasteiger partial charge < -0.3 is 5.73 Å². The van der Waals surface area contributed by atoms with Crippen molar-refractivity contribution in [3.63, 3.8) is 0 Å². The van der Waals surface area contributed by atoms with Crippen LogP contribution in [0.2, 0.25) is 0 Å². The molecule has 1 rings (SSSR count). The van der Waals surface area contributed by atoms with Crippen molar-refractivity contribution >= 4 is 10.0 Å². The summed E-state index contributed by atoms with van der Waals surface area (Å²) in [4.78, 5) is 0.238. The monoisotopic (exact) mass is 284 g/mol. The van der Waals surface area contributed by atoms with Crippen LogP contribution in [-0.2, 0) is 16.6 Å². The highest BCUT2D eigenvalue weighted by molar-refractivity contribution is 7.89. The quantitative estimate of drug-likeness (QED) is 0.751. The van der Waals surface area contributed by atoms with Crippen LogP contribution in [-0.4, -0.2) is 42.6 Å². The predicted octanol–water partition coefficient (Wildman–Crippen LogP) is 0.102. The molecular weight excluding hydrogens is 264 g/mol. The number of hydrogen-bond acceptors (Lipinski definition) is 4. The molecule has 2 N–H and O–H groups in total. The maximum absolute atomic E-state index is 12.4. The van der Waals surface area contributed by atoms with E-state index in [4.69, 9.17) is 12.2 Å². The molecule has 106 valence electrons. The van der Waals surface area contributed by atoms with E-state index in [0.29, 0.717) is 24.5 Å². The molecule has 19 heavy (non-hydrogen) atoms. The Kier molecular flexibility index (Phi) is 5.11. The minimum atomic E-state index is -3.59. The molecule has 0 amide bonds. The zero-order valence-electron chi connectivity index (χ0n) is 11.5. The summed E-state index contributed by atoms with van der Waals surface area (Å²) in [5, 5.41) is 4.26. The lowest BCUT2D eigenvalue weighted by Gasteiger charge is -2.14. The fourth-order valence-electron chi connectivity index (χ4n) is 1.88. The number of sulfonamides is 1. The molecule has 0 bridgehead atoms. The van der Waals surface area contributed by atoms with Crippen molar-refractivity contribution < 1.29 is 8.42 Å². The second kappa shape index (κ2) is 6.19. The van der Waals surface area contributed by atoms with Gasteiger partial charge in [0.15, 0.2) is 0 Å². The molecule has 0 aliphatic rings. The van der Waals surface area contributed by atoms with Crippen LogP contribution in [0.5, 0.6) is 0 Å². The Morgan fingerprint density at radius 1 is 1.47 bits per heavy atom. The van der Waals surface area contributed by atoms with Gasteiger partial charge >= 0.3 is 0 Å². The zero-order valence-corrected chi connectivity index (χ0v) is 12.4. The Morgan fingerprint density at radius 3 is 2.63 bits per heavy atom. The number of aromatic nitrogens is 2. The topological polar surface area (TPSA) is 81.2 Å². The molecular formula is C12H20N4O2S. The molecule has 0 spiro atoms. The van der Waals surface area contributed by atoms with Gasteiger partial charge in [0, 0.05) is 13.6 Å². The van der Waals surface area contributed by atoms with Gasteiger partial charge in [-0.25, -0.2) is 8.42 Å². The van der Waals surface area contributed by atoms with Crippen LogP contribution >= 0.6 is 0 Å². The van der Waals surface area contributed by atoms with Gasteiger partial charge in [-0.2, -0.15) is 9.40 Å². The van der Waals surface area contributed by atoms with Crippen LogP contribution in [0.4, 0.5) is 0 Å². The van der Waals surface area contributed by atoms with E-state index in [-0.39, 0.29) is 11.4 Å². The number of nitrogens with zero attached hydrogens (tertiary/aromatic N) is 3. The van der Waals surface area contributed by atoms with Gasteiger partial charge in [0.1, 0.15) is 4.90 Å². The Balaban J connectivity index is 3.21. The summed E-state index contributed by atoms with van der Waals surface area (Å²) in [5.41, 5.74) is 6.56. The summed E-state index contributed by atoms with van der Waals surface area (Å²) < 4.78 is 27.6. The molecule has 1 aromatic rings. The lowest BCUT2D eigenvalue weighted by atomic mass is 10.4. The fraction of sp³-hybridized carbons (Fsp3) is 0.583. The fourth-order valence-corrected chi connectivity index (χ4v) is 3.33. The summed E-state index contributed by atoms with van der Waals surface area (Å²) in [6, 6.07) is 0. The smallest absolute Gasteiger partial charge is 0.247 e. The van der Waals surface area contributed by atoms with Crippen molar-refractivity contribution in [2.75, 3.05) is 20.1 Å². The largest absolute Gasteiger partial charge is 0.330 e. The Labute approximate surface area is 114 Å².